The van der Waals surface area contributed by atoms with Gasteiger partial charge in [0.05, 0.1) is 18.1 Å². The number of aromatic nitrogens is 2. The lowest BCUT2D eigenvalue weighted by molar-refractivity contribution is -0.140. The van der Waals surface area contributed by atoms with Crippen LogP contribution in [0.5, 0.6) is 0 Å². The first-order valence-electron chi connectivity index (χ1n) is 11.0. The summed E-state index contributed by atoms with van der Waals surface area (Å²) in [6, 6.07) is 27.4. The lowest BCUT2D eigenvalue weighted by Crippen LogP contribution is -1.99. The Bertz CT molecular complexity index is 1130. The molecule has 4 aromatic rings. The van der Waals surface area contributed by atoms with Crippen LogP contribution < -0.4 is 0 Å². The van der Waals surface area contributed by atoms with Gasteiger partial charge in [-0.05, 0) is 49.1 Å². The van der Waals surface area contributed by atoms with Crippen LogP contribution in [-0.2, 0) is 16.0 Å². The third kappa shape index (κ3) is 5.02. The fraction of sp³-hybridized carbons (Fsp3) is 0.259. The summed E-state index contributed by atoms with van der Waals surface area (Å²) in [5.41, 5.74) is 5.67. The summed E-state index contributed by atoms with van der Waals surface area (Å²) in [7, 11) is 1.45. The van der Waals surface area contributed by atoms with Crippen LogP contribution in [-0.4, -0.2) is 22.6 Å². The zero-order valence-corrected chi connectivity index (χ0v) is 18.0. The number of hydrogen-bond acceptors (Lipinski definition) is 3. The maximum Gasteiger partial charge on any atom is 0.305 e. The first-order valence-corrected chi connectivity index (χ1v) is 11.0. The topological polar surface area (TPSA) is 44.1 Å². The van der Waals surface area contributed by atoms with Gasteiger partial charge in [0, 0.05) is 17.7 Å². The smallest absolute Gasteiger partial charge is 0.305 e. The van der Waals surface area contributed by atoms with Gasteiger partial charge in [-0.1, -0.05) is 67.4 Å². The third-order valence-electron chi connectivity index (χ3n) is 5.59. The van der Waals surface area contributed by atoms with Crippen LogP contribution in [0.25, 0.3) is 28.1 Å². The molecular weight excluding hydrogens is 384 g/mol. The number of rotatable bonds is 9. The van der Waals surface area contributed by atoms with Crippen molar-refractivity contribution in [1.29, 1.82) is 0 Å². The summed E-state index contributed by atoms with van der Waals surface area (Å²) in [6.07, 6.45) is 5.71. The van der Waals surface area contributed by atoms with Crippen LogP contribution in [0.2, 0.25) is 0 Å². The molecule has 0 atom stereocenters. The van der Waals surface area contributed by atoms with E-state index in [1.54, 1.807) is 0 Å². The largest absolute Gasteiger partial charge is 0.469 e. The van der Waals surface area contributed by atoms with Crippen molar-refractivity contribution < 1.29 is 9.53 Å². The first kappa shape index (κ1) is 20.9. The molecule has 0 aliphatic heterocycles. The van der Waals surface area contributed by atoms with Crippen LogP contribution in [0.3, 0.4) is 0 Å². The van der Waals surface area contributed by atoms with Crippen molar-refractivity contribution in [3.8, 4) is 17.1 Å². The molecule has 3 aromatic carbocycles. The van der Waals surface area contributed by atoms with Crippen molar-refractivity contribution in [1.82, 2.24) is 9.55 Å². The summed E-state index contributed by atoms with van der Waals surface area (Å²) in [5.74, 6) is 0.843. The molecule has 158 valence electrons. The summed E-state index contributed by atoms with van der Waals surface area (Å²) < 4.78 is 6.96. The zero-order chi connectivity index (χ0) is 21.5. The van der Waals surface area contributed by atoms with E-state index in [4.69, 9.17) is 9.72 Å². The second-order valence-electron chi connectivity index (χ2n) is 7.79. The minimum Gasteiger partial charge on any atom is -0.469 e. The maximum absolute atomic E-state index is 11.2. The Morgan fingerprint density at radius 3 is 2.32 bits per heavy atom. The second-order valence-corrected chi connectivity index (χ2v) is 7.79. The highest BCUT2D eigenvalue weighted by atomic mass is 16.5. The molecule has 1 aromatic heterocycles. The summed E-state index contributed by atoms with van der Waals surface area (Å²) >= 11 is 0. The SMILES string of the molecule is COC(=O)CCCCCCc1ccc2nc(-c3ccccc3)n(-c3ccccc3)c2c1. The number of aryl methyl sites for hydroxylation is 1. The molecule has 4 nitrogen and oxygen atoms in total. The Hall–Kier alpha value is -3.40. The van der Waals surface area contributed by atoms with Crippen molar-refractivity contribution in [2.75, 3.05) is 7.11 Å². The summed E-state index contributed by atoms with van der Waals surface area (Å²) in [5, 5.41) is 0. The molecule has 0 saturated carbocycles. The summed E-state index contributed by atoms with van der Waals surface area (Å²) in [6.45, 7) is 0. The Balaban J connectivity index is 1.56. The van der Waals surface area contributed by atoms with E-state index in [0.717, 1.165) is 60.2 Å². The molecule has 1 heterocycles. The minimum absolute atomic E-state index is 0.117. The van der Waals surface area contributed by atoms with Crippen LogP contribution in [0.1, 0.15) is 37.7 Å². The van der Waals surface area contributed by atoms with Crippen LogP contribution in [0.15, 0.2) is 78.9 Å². The average Bonchev–Trinajstić information content (AvgIpc) is 3.21. The predicted octanol–water partition coefficient (Wildman–Crippen LogP) is 6.36. The van der Waals surface area contributed by atoms with Crippen molar-refractivity contribution in [2.24, 2.45) is 0 Å². The molecule has 0 N–H and O–H groups in total. The molecule has 4 heteroatoms. The first-order chi connectivity index (χ1) is 15.3. The van der Waals surface area contributed by atoms with Crippen molar-refractivity contribution in [3.63, 3.8) is 0 Å². The van der Waals surface area contributed by atoms with E-state index < -0.39 is 0 Å². The van der Waals surface area contributed by atoms with Crippen molar-refractivity contribution in [2.45, 2.75) is 38.5 Å². The monoisotopic (exact) mass is 412 g/mol. The number of esters is 1. The fourth-order valence-corrected chi connectivity index (χ4v) is 3.95. The van der Waals surface area contributed by atoms with Gasteiger partial charge in [-0.3, -0.25) is 9.36 Å². The molecule has 0 saturated heterocycles. The second kappa shape index (κ2) is 10.1. The van der Waals surface area contributed by atoms with E-state index in [2.05, 4.69) is 71.3 Å². The van der Waals surface area contributed by atoms with Gasteiger partial charge in [-0.15, -0.1) is 0 Å². The van der Waals surface area contributed by atoms with E-state index in [1.807, 2.05) is 12.1 Å². The van der Waals surface area contributed by atoms with Gasteiger partial charge in [0.2, 0.25) is 0 Å². The molecular formula is C27H28N2O2. The predicted molar refractivity (Wildman–Crippen MR) is 125 cm³/mol. The van der Waals surface area contributed by atoms with Gasteiger partial charge in [-0.25, -0.2) is 4.98 Å². The molecule has 0 bridgehead atoms. The number of hydrogen-bond donors (Lipinski definition) is 0. The van der Waals surface area contributed by atoms with Crippen LogP contribution in [0.4, 0.5) is 0 Å². The highest BCUT2D eigenvalue weighted by Crippen LogP contribution is 2.29. The van der Waals surface area contributed by atoms with Gasteiger partial charge >= 0.3 is 5.97 Å². The van der Waals surface area contributed by atoms with Gasteiger partial charge < -0.3 is 4.74 Å². The quantitative estimate of drug-likeness (QED) is 0.237. The minimum atomic E-state index is -0.117. The molecule has 0 amide bonds. The number of unbranched alkanes of at least 4 members (excludes halogenated alkanes) is 3. The number of methoxy groups -OCH3 is 1. The number of nitrogens with zero attached hydrogens (tertiary/aromatic N) is 2. The number of carbonyl (C=O) groups is 1. The molecule has 31 heavy (non-hydrogen) atoms. The lowest BCUT2D eigenvalue weighted by atomic mass is 10.0. The van der Waals surface area contributed by atoms with E-state index in [-0.39, 0.29) is 5.97 Å². The van der Waals surface area contributed by atoms with Gasteiger partial charge in [0.1, 0.15) is 5.82 Å². The highest BCUT2D eigenvalue weighted by Gasteiger charge is 2.14. The standard InChI is InChI=1S/C27H28N2O2/c1-31-26(30)17-11-3-2-6-12-21-18-19-24-25(20-21)29(23-15-9-5-10-16-23)27(28-24)22-13-7-4-8-14-22/h4-5,7-10,13-16,18-20H,2-3,6,11-12,17H2,1H3. The van der Waals surface area contributed by atoms with Gasteiger partial charge in [-0.2, -0.15) is 0 Å². The number of benzene rings is 3. The number of para-hydroxylation sites is 1. The number of fused-ring (bicyclic) bond motifs is 1. The molecule has 0 unspecified atom stereocenters. The molecule has 0 aliphatic rings. The lowest BCUT2D eigenvalue weighted by Gasteiger charge is -2.10. The molecule has 0 fully saturated rings. The Kier molecular flexibility index (Phi) is 6.78. The number of carbonyl (C=O) groups excluding carboxylic acids is 1. The average molecular weight is 413 g/mol. The van der Waals surface area contributed by atoms with E-state index in [0.29, 0.717) is 6.42 Å². The molecule has 0 aliphatic carbocycles. The van der Waals surface area contributed by atoms with Crippen LogP contribution in [0, 0.1) is 0 Å². The Morgan fingerprint density at radius 1 is 0.871 bits per heavy atom. The van der Waals surface area contributed by atoms with Crippen LogP contribution >= 0.6 is 0 Å². The van der Waals surface area contributed by atoms with Crippen molar-refractivity contribution >= 4 is 17.0 Å². The van der Waals surface area contributed by atoms with E-state index in [9.17, 15) is 4.79 Å². The zero-order valence-electron chi connectivity index (χ0n) is 18.0. The summed E-state index contributed by atoms with van der Waals surface area (Å²) in [4.78, 5) is 16.2. The number of ether oxygens (including phenoxy) is 1. The molecule has 4 rings (SSSR count). The Morgan fingerprint density at radius 2 is 1.58 bits per heavy atom. The fourth-order valence-electron chi connectivity index (χ4n) is 3.95. The highest BCUT2D eigenvalue weighted by molar-refractivity contribution is 5.83. The molecule has 0 spiro atoms. The van der Waals surface area contributed by atoms with E-state index in [1.165, 1.54) is 12.7 Å². The van der Waals surface area contributed by atoms with Gasteiger partial charge in [0.15, 0.2) is 0 Å². The van der Waals surface area contributed by atoms with Gasteiger partial charge in [0.25, 0.3) is 0 Å². The van der Waals surface area contributed by atoms with Crippen molar-refractivity contribution in [3.05, 3.63) is 84.4 Å². The van der Waals surface area contributed by atoms with E-state index >= 15 is 0 Å². The Labute approximate surface area is 183 Å². The number of imidazole rings is 1. The molecule has 0 radical (unpaired) electrons. The maximum atomic E-state index is 11.2. The normalized spacial score (nSPS) is 11.0. The third-order valence-corrected chi connectivity index (χ3v) is 5.59.